The van der Waals surface area contributed by atoms with Crippen LogP contribution in [-0.4, -0.2) is 12.6 Å². The van der Waals surface area contributed by atoms with Gasteiger partial charge in [0.25, 0.3) is 0 Å². The Morgan fingerprint density at radius 2 is 1.90 bits per heavy atom. The van der Waals surface area contributed by atoms with E-state index in [0.29, 0.717) is 11.3 Å². The van der Waals surface area contributed by atoms with Crippen molar-refractivity contribution in [2.45, 2.75) is 17.7 Å². The molecule has 0 saturated carbocycles. The number of hydrogen-bond donors (Lipinski definition) is 1. The van der Waals surface area contributed by atoms with Crippen LogP contribution in [0.25, 0.3) is 0 Å². The maximum Gasteiger partial charge on any atom is 0.341 e. The zero-order valence-electron chi connectivity index (χ0n) is 10.9. The topological polar surface area (TPSA) is 26.3 Å². The van der Waals surface area contributed by atoms with Gasteiger partial charge in [0.1, 0.15) is 5.82 Å². The number of esters is 1. The van der Waals surface area contributed by atoms with Gasteiger partial charge in [-0.1, -0.05) is 30.3 Å². The fraction of sp³-hybridized carbons (Fsp3) is 0.188. The van der Waals surface area contributed by atoms with Gasteiger partial charge in [0.2, 0.25) is 0 Å². The van der Waals surface area contributed by atoms with Gasteiger partial charge in [-0.15, -0.1) is 12.6 Å². The smallest absolute Gasteiger partial charge is 0.341 e. The number of hydrogen-bond acceptors (Lipinski definition) is 3. The Morgan fingerprint density at radius 3 is 2.65 bits per heavy atom. The molecular weight excluding hydrogens is 275 g/mol. The first-order valence-corrected chi connectivity index (χ1v) is 6.81. The third kappa shape index (κ3) is 4.10. The number of rotatable bonds is 5. The first-order valence-electron chi connectivity index (χ1n) is 6.36. The van der Waals surface area contributed by atoms with Crippen molar-refractivity contribution < 1.29 is 13.9 Å². The van der Waals surface area contributed by atoms with Crippen LogP contribution >= 0.6 is 12.6 Å². The average Bonchev–Trinajstić information content (AvgIpc) is 2.47. The molecule has 0 aliphatic heterocycles. The van der Waals surface area contributed by atoms with Crippen molar-refractivity contribution in [3.8, 4) is 0 Å². The zero-order chi connectivity index (χ0) is 14.4. The monoisotopic (exact) mass is 290 g/mol. The van der Waals surface area contributed by atoms with Gasteiger partial charge in [0.15, 0.2) is 0 Å². The largest absolute Gasteiger partial charge is 0.462 e. The minimum absolute atomic E-state index is 0.0720. The second kappa shape index (κ2) is 7.10. The van der Waals surface area contributed by atoms with E-state index in [2.05, 4.69) is 12.6 Å². The highest BCUT2D eigenvalue weighted by Gasteiger charge is 2.13. The van der Waals surface area contributed by atoms with Gasteiger partial charge >= 0.3 is 5.97 Å². The summed E-state index contributed by atoms with van der Waals surface area (Å²) in [4.78, 5) is 12.3. The van der Waals surface area contributed by atoms with Crippen LogP contribution in [-0.2, 0) is 11.2 Å². The van der Waals surface area contributed by atoms with E-state index in [1.807, 2.05) is 30.3 Å². The molecule has 0 heterocycles. The van der Waals surface area contributed by atoms with Gasteiger partial charge < -0.3 is 4.74 Å². The summed E-state index contributed by atoms with van der Waals surface area (Å²) in [6.07, 6.45) is 1.53. The molecular formula is C16H15FO2S. The number of halogens is 1. The van der Waals surface area contributed by atoms with E-state index >= 15 is 0 Å². The first kappa shape index (κ1) is 14.6. The Morgan fingerprint density at radius 1 is 1.15 bits per heavy atom. The zero-order valence-corrected chi connectivity index (χ0v) is 11.8. The molecule has 0 fully saturated rings. The number of benzene rings is 2. The lowest BCUT2D eigenvalue weighted by Gasteiger charge is -2.06. The summed E-state index contributed by atoms with van der Waals surface area (Å²) < 4.78 is 18.5. The molecule has 2 nitrogen and oxygen atoms in total. The third-order valence-corrected chi connectivity index (χ3v) is 3.13. The molecule has 20 heavy (non-hydrogen) atoms. The lowest BCUT2D eigenvalue weighted by atomic mass is 10.1. The summed E-state index contributed by atoms with van der Waals surface area (Å²) in [6, 6.07) is 14.0. The van der Waals surface area contributed by atoms with E-state index in [9.17, 15) is 9.18 Å². The average molecular weight is 290 g/mol. The molecule has 0 N–H and O–H groups in total. The lowest BCUT2D eigenvalue weighted by Crippen LogP contribution is -2.09. The molecule has 0 aliphatic rings. The molecule has 0 unspecified atom stereocenters. The SMILES string of the molecule is O=C(OCCCc1ccccc1)c1cc(S)ccc1F. The van der Waals surface area contributed by atoms with Crippen LogP contribution < -0.4 is 0 Å². The fourth-order valence-corrected chi connectivity index (χ4v) is 2.04. The Labute approximate surface area is 123 Å². The van der Waals surface area contributed by atoms with Gasteiger partial charge in [-0.2, -0.15) is 0 Å². The molecule has 0 amide bonds. The lowest BCUT2D eigenvalue weighted by molar-refractivity contribution is 0.0495. The molecule has 0 radical (unpaired) electrons. The highest BCUT2D eigenvalue weighted by Crippen LogP contribution is 2.14. The predicted octanol–water partition coefficient (Wildman–Crippen LogP) is 3.90. The highest BCUT2D eigenvalue weighted by molar-refractivity contribution is 7.80. The van der Waals surface area contributed by atoms with Crippen molar-refractivity contribution in [2.75, 3.05) is 6.61 Å². The van der Waals surface area contributed by atoms with Crippen LogP contribution in [0.5, 0.6) is 0 Å². The summed E-state index contributed by atoms with van der Waals surface area (Å²) in [5.74, 6) is -1.23. The second-order valence-corrected chi connectivity index (χ2v) is 4.91. The second-order valence-electron chi connectivity index (χ2n) is 4.39. The normalized spacial score (nSPS) is 10.3. The van der Waals surface area contributed by atoms with Crippen molar-refractivity contribution in [2.24, 2.45) is 0 Å². The van der Waals surface area contributed by atoms with E-state index < -0.39 is 11.8 Å². The number of thiol groups is 1. The van der Waals surface area contributed by atoms with Crippen molar-refractivity contribution in [3.63, 3.8) is 0 Å². The highest BCUT2D eigenvalue weighted by atomic mass is 32.1. The maximum atomic E-state index is 13.5. The first-order chi connectivity index (χ1) is 9.66. The summed E-state index contributed by atoms with van der Waals surface area (Å²) in [7, 11) is 0. The van der Waals surface area contributed by atoms with E-state index in [4.69, 9.17) is 4.74 Å². The maximum absolute atomic E-state index is 13.5. The van der Waals surface area contributed by atoms with Crippen molar-refractivity contribution in [1.82, 2.24) is 0 Å². The minimum atomic E-state index is -0.647. The quantitative estimate of drug-likeness (QED) is 0.513. The van der Waals surface area contributed by atoms with Gasteiger partial charge in [-0.3, -0.25) is 0 Å². The van der Waals surface area contributed by atoms with Crippen LogP contribution in [0, 0.1) is 5.82 Å². The summed E-state index contributed by atoms with van der Waals surface area (Å²) in [5.41, 5.74) is 1.12. The van der Waals surface area contributed by atoms with Gasteiger partial charge in [0, 0.05) is 4.90 Å². The molecule has 2 rings (SSSR count). The van der Waals surface area contributed by atoms with Crippen LogP contribution in [0.1, 0.15) is 22.3 Å². The van der Waals surface area contributed by atoms with Crippen molar-refractivity contribution >= 4 is 18.6 Å². The molecule has 104 valence electrons. The number of carbonyl (C=O) groups excluding carboxylic acids is 1. The van der Waals surface area contributed by atoms with E-state index in [-0.39, 0.29) is 12.2 Å². The molecule has 4 heteroatoms. The van der Waals surface area contributed by atoms with E-state index in [0.717, 1.165) is 6.42 Å². The van der Waals surface area contributed by atoms with E-state index in [1.165, 1.54) is 23.8 Å². The van der Waals surface area contributed by atoms with Crippen molar-refractivity contribution in [3.05, 3.63) is 65.5 Å². The third-order valence-electron chi connectivity index (χ3n) is 2.86. The minimum Gasteiger partial charge on any atom is -0.462 e. The van der Waals surface area contributed by atoms with Gasteiger partial charge in [-0.05, 0) is 36.6 Å². The molecule has 0 saturated heterocycles. The Bertz CT molecular complexity index is 584. The Kier molecular flexibility index (Phi) is 5.18. The van der Waals surface area contributed by atoms with Gasteiger partial charge in [0.05, 0.1) is 12.2 Å². The van der Waals surface area contributed by atoms with Crippen molar-refractivity contribution in [1.29, 1.82) is 0 Å². The van der Waals surface area contributed by atoms with E-state index in [1.54, 1.807) is 0 Å². The number of aryl methyl sites for hydroxylation is 1. The summed E-state index contributed by atoms with van der Waals surface area (Å²) >= 11 is 4.08. The molecule has 0 atom stereocenters. The summed E-state index contributed by atoms with van der Waals surface area (Å²) in [5, 5.41) is 0. The Hall–Kier alpha value is -1.81. The standard InChI is InChI=1S/C16H15FO2S/c17-15-9-8-13(20)11-14(15)16(18)19-10-4-7-12-5-2-1-3-6-12/h1-3,5-6,8-9,11,20H,4,7,10H2. The van der Waals surface area contributed by atoms with Crippen LogP contribution in [0.15, 0.2) is 53.4 Å². The predicted molar refractivity (Wildman–Crippen MR) is 78.7 cm³/mol. The van der Waals surface area contributed by atoms with Crippen LogP contribution in [0.3, 0.4) is 0 Å². The molecule has 2 aromatic carbocycles. The van der Waals surface area contributed by atoms with Crippen LogP contribution in [0.4, 0.5) is 4.39 Å². The number of carbonyl (C=O) groups is 1. The van der Waals surface area contributed by atoms with Crippen LogP contribution in [0.2, 0.25) is 0 Å². The molecule has 0 spiro atoms. The summed E-state index contributed by atoms with van der Waals surface area (Å²) in [6.45, 7) is 0.268. The molecule has 0 aromatic heterocycles. The number of ether oxygens (including phenoxy) is 1. The fourth-order valence-electron chi connectivity index (χ4n) is 1.83. The molecule has 2 aromatic rings. The molecule has 0 bridgehead atoms. The Balaban J connectivity index is 1.82. The van der Waals surface area contributed by atoms with Gasteiger partial charge in [-0.25, -0.2) is 9.18 Å². The molecule has 0 aliphatic carbocycles.